The van der Waals surface area contributed by atoms with E-state index in [-0.39, 0.29) is 34.7 Å². The normalized spacial score (nSPS) is 1.45. The van der Waals surface area contributed by atoms with Gasteiger partial charge in [-0.1, -0.05) is 24.4 Å². The summed E-state index contributed by atoms with van der Waals surface area (Å²) in [5.41, 5.74) is 0. The van der Waals surface area contributed by atoms with Crippen molar-refractivity contribution in [2.45, 2.75) is 0 Å². The summed E-state index contributed by atoms with van der Waals surface area (Å²) in [6.07, 6.45) is 0. The number of thiocarbonyl (C=S) groups is 2. The third kappa shape index (κ3) is 3640. The number of isothiocyanates is 2. The van der Waals surface area contributed by atoms with Gasteiger partial charge in [-0.2, -0.15) is 10.3 Å². The molecule has 0 heterocycles. The molecule has 0 unspecified atom stereocenters. The van der Waals surface area contributed by atoms with E-state index in [9.17, 15) is 0 Å². The van der Waals surface area contributed by atoms with Crippen molar-refractivity contribution < 1.29 is 0 Å². The van der Waals surface area contributed by atoms with Crippen molar-refractivity contribution in [3.8, 4) is 0 Å². The molecule has 0 saturated carbocycles. The van der Waals surface area contributed by atoms with E-state index in [1.165, 1.54) is 10.3 Å². The second kappa shape index (κ2) is 275. The first-order valence-electron chi connectivity index (χ1n) is 0.855. The summed E-state index contributed by atoms with van der Waals surface area (Å²) < 4.78 is 0. The quantitative estimate of drug-likeness (QED) is 0.263. The van der Waals surface area contributed by atoms with Crippen molar-refractivity contribution in [2.75, 3.05) is 0 Å². The molecule has 0 atom stereocenters. The fourth-order valence-electron chi connectivity index (χ4n) is 0. The monoisotopic (exact) mass is 197 g/mol. The molecule has 9 heteroatoms. The molecular formula is C2H16BeN6S2+4. The van der Waals surface area contributed by atoms with E-state index >= 15 is 0 Å². The van der Waals surface area contributed by atoms with Gasteiger partial charge in [-0.05, 0) is 0 Å². The summed E-state index contributed by atoms with van der Waals surface area (Å²) in [4.78, 5) is 0. The molecule has 0 aliphatic rings. The standard InChI is InChI=1S/2CNS.Be.4H3N/c2*2-1-3;;;;;/h;;;4*1H3/q2*-1;+2;;;;/p+4. The second-order valence-corrected chi connectivity index (χ2v) is 0.548. The van der Waals surface area contributed by atoms with Gasteiger partial charge >= 0.3 is 10.1 Å². The number of rotatable bonds is 0. The zero-order chi connectivity index (χ0) is 5.41. The maximum Gasteiger partial charge on any atom is 2.00 e. The Morgan fingerprint density at radius 2 is 0.727 bits per heavy atom. The van der Waals surface area contributed by atoms with Gasteiger partial charge in [0.05, 0.1) is 0 Å². The first-order valence-corrected chi connectivity index (χ1v) is 1.67. The van der Waals surface area contributed by atoms with Crippen LogP contribution in [0, 0.1) is 0 Å². The fraction of sp³-hybridized carbons (Fsp3) is 0. The van der Waals surface area contributed by atoms with Gasteiger partial charge in [-0.15, -0.1) is 0 Å². The van der Waals surface area contributed by atoms with Crippen LogP contribution in [0.15, 0.2) is 0 Å². The van der Waals surface area contributed by atoms with E-state index in [1.807, 2.05) is 0 Å². The van der Waals surface area contributed by atoms with Crippen molar-refractivity contribution in [2.24, 2.45) is 0 Å². The van der Waals surface area contributed by atoms with Crippen LogP contribution >= 0.6 is 24.4 Å². The van der Waals surface area contributed by atoms with Crippen molar-refractivity contribution >= 4 is 44.9 Å². The van der Waals surface area contributed by atoms with Crippen LogP contribution < -0.4 is 24.6 Å². The SMILES string of the molecule is [Be+2].[N-]=C=S.[N-]=C=S.[NH4+].[NH4+].[NH4+].[NH4+]. The summed E-state index contributed by atoms with van der Waals surface area (Å²) in [6, 6.07) is 0. The topological polar surface area (TPSA) is 191 Å². The summed E-state index contributed by atoms with van der Waals surface area (Å²) in [7, 11) is 0. The van der Waals surface area contributed by atoms with Gasteiger partial charge in [0, 0.05) is 0 Å². The Bertz CT molecular complexity index is 72.6. The van der Waals surface area contributed by atoms with Crippen molar-refractivity contribution in [3.63, 3.8) is 0 Å². The molecule has 0 amide bonds. The van der Waals surface area contributed by atoms with E-state index in [0.717, 1.165) is 0 Å². The van der Waals surface area contributed by atoms with Crippen LogP contribution in [0.4, 0.5) is 0 Å². The fourth-order valence-corrected chi connectivity index (χ4v) is 0. The molecule has 0 spiro atoms. The Morgan fingerprint density at radius 3 is 0.727 bits per heavy atom. The largest absolute Gasteiger partial charge is 2.00 e. The summed E-state index contributed by atoms with van der Waals surface area (Å²) in [6.45, 7) is 0. The minimum absolute atomic E-state index is 0. The zero-order valence-electron chi connectivity index (χ0n) is 7.42. The second-order valence-electron chi connectivity index (χ2n) is 0.183. The van der Waals surface area contributed by atoms with Crippen molar-refractivity contribution in [1.82, 2.24) is 24.6 Å². The molecule has 0 aliphatic heterocycles. The molecular weight excluding hydrogens is 181 g/mol. The summed E-state index contributed by atoms with van der Waals surface area (Å²) in [5.74, 6) is 0. The third-order valence-corrected chi connectivity index (χ3v) is 0. The third-order valence-electron chi connectivity index (χ3n) is 0. The summed E-state index contributed by atoms with van der Waals surface area (Å²) >= 11 is 7.40. The van der Waals surface area contributed by atoms with Crippen LogP contribution in [0.3, 0.4) is 0 Å². The molecule has 11 heavy (non-hydrogen) atoms. The van der Waals surface area contributed by atoms with Crippen LogP contribution in [-0.4, -0.2) is 20.4 Å². The minimum atomic E-state index is 0. The molecule has 0 rings (SSSR count). The maximum atomic E-state index is 7.13. The number of hydrogen-bond acceptors (Lipinski definition) is 2. The molecule has 0 bridgehead atoms. The van der Waals surface area contributed by atoms with Gasteiger partial charge in [0.2, 0.25) is 0 Å². The van der Waals surface area contributed by atoms with E-state index in [0.29, 0.717) is 0 Å². The van der Waals surface area contributed by atoms with Crippen molar-refractivity contribution in [3.05, 3.63) is 10.8 Å². The van der Waals surface area contributed by atoms with Crippen molar-refractivity contribution in [1.29, 1.82) is 0 Å². The van der Waals surface area contributed by atoms with Crippen LogP contribution in [-0.2, 0) is 0 Å². The van der Waals surface area contributed by atoms with E-state index < -0.39 is 0 Å². The molecule has 0 radical (unpaired) electrons. The van der Waals surface area contributed by atoms with Crippen LogP contribution in [0.5, 0.6) is 0 Å². The molecule has 64 valence electrons. The Balaban J connectivity index is -0.00000000400. The average molecular weight is 197 g/mol. The Morgan fingerprint density at radius 1 is 0.727 bits per heavy atom. The van der Waals surface area contributed by atoms with Gasteiger partial charge in [0.25, 0.3) is 0 Å². The van der Waals surface area contributed by atoms with Crippen LogP contribution in [0.2, 0.25) is 0 Å². The Labute approximate surface area is 80.7 Å². The first kappa shape index (κ1) is 75.2. The van der Waals surface area contributed by atoms with Gasteiger partial charge in [-0.25, -0.2) is 0 Å². The number of quaternary nitrogens is 4. The van der Waals surface area contributed by atoms with E-state index in [2.05, 4.69) is 24.4 Å². The van der Waals surface area contributed by atoms with E-state index in [4.69, 9.17) is 10.8 Å². The number of nitrogens with zero attached hydrogens (tertiary/aromatic N) is 2. The van der Waals surface area contributed by atoms with Crippen LogP contribution in [0.25, 0.3) is 10.8 Å². The predicted molar refractivity (Wildman–Crippen MR) is 61.6 cm³/mol. The predicted octanol–water partition coefficient (Wildman–Crippen LogP) is 2.44. The molecule has 0 fully saturated rings. The van der Waals surface area contributed by atoms with Gasteiger partial charge < -0.3 is 35.4 Å². The van der Waals surface area contributed by atoms with Gasteiger partial charge in [-0.3, -0.25) is 0 Å². The molecule has 0 aromatic rings. The average Bonchev–Trinajstić information content (AvgIpc) is 1.39. The molecule has 0 aromatic heterocycles. The van der Waals surface area contributed by atoms with Gasteiger partial charge in [0.1, 0.15) is 0 Å². The maximum absolute atomic E-state index is 7.13. The molecule has 0 aromatic carbocycles. The summed E-state index contributed by atoms with van der Waals surface area (Å²) in [5, 5.41) is 16.9. The van der Waals surface area contributed by atoms with Gasteiger partial charge in [0.15, 0.2) is 0 Å². The Hall–Kier alpha value is -0.391. The Kier molecular flexibility index (Phi) is 1880. The molecule has 16 N–H and O–H groups in total. The zero-order valence-corrected chi connectivity index (χ0v) is 9.05. The van der Waals surface area contributed by atoms with E-state index in [1.54, 1.807) is 0 Å². The molecule has 0 saturated heterocycles. The van der Waals surface area contributed by atoms with Crippen LogP contribution in [0.1, 0.15) is 0 Å². The number of hydrogen-bond donors (Lipinski definition) is 4. The minimum Gasteiger partial charge on any atom is -0.753 e. The first-order chi connectivity index (χ1) is 2.83. The molecule has 0 aliphatic carbocycles. The molecule has 6 nitrogen and oxygen atoms in total. The smallest absolute Gasteiger partial charge is 0.753 e.